The number of hydrogen-bond acceptors (Lipinski definition) is 3. The summed E-state index contributed by atoms with van der Waals surface area (Å²) >= 11 is 0. The molecule has 1 aromatic carbocycles. The molecule has 0 saturated carbocycles. The zero-order valence-corrected chi connectivity index (χ0v) is 12.9. The van der Waals surface area contributed by atoms with E-state index in [9.17, 15) is 0 Å². The van der Waals surface area contributed by atoms with Crippen molar-refractivity contribution < 1.29 is 9.47 Å². The molecule has 0 spiro atoms. The van der Waals surface area contributed by atoms with Gasteiger partial charge in [0.05, 0.1) is 13.2 Å². The Kier molecular flexibility index (Phi) is 7.81. The van der Waals surface area contributed by atoms with Gasteiger partial charge in [-0.15, -0.1) is 6.58 Å². The molecule has 1 atom stereocenters. The van der Waals surface area contributed by atoms with E-state index in [0.717, 1.165) is 30.9 Å². The highest BCUT2D eigenvalue weighted by Gasteiger charge is 2.13. The predicted molar refractivity (Wildman–Crippen MR) is 84.6 cm³/mol. The summed E-state index contributed by atoms with van der Waals surface area (Å²) < 4.78 is 11.3. The maximum Gasteiger partial charge on any atom is 0.161 e. The minimum atomic E-state index is 0.280. The van der Waals surface area contributed by atoms with Crippen molar-refractivity contribution >= 4 is 0 Å². The Morgan fingerprint density at radius 2 is 1.85 bits per heavy atom. The van der Waals surface area contributed by atoms with Gasteiger partial charge in [0.1, 0.15) is 0 Å². The molecule has 3 heteroatoms. The molecule has 0 bridgehead atoms. The molecule has 112 valence electrons. The molecule has 1 unspecified atom stereocenters. The first-order chi connectivity index (χ1) is 9.76. The van der Waals surface area contributed by atoms with Crippen LogP contribution < -0.4 is 14.8 Å². The average molecular weight is 277 g/mol. The first-order valence-electron chi connectivity index (χ1n) is 7.50. The van der Waals surface area contributed by atoms with E-state index in [1.807, 2.05) is 26.0 Å². The Morgan fingerprint density at radius 1 is 1.15 bits per heavy atom. The Morgan fingerprint density at radius 3 is 2.45 bits per heavy atom. The molecule has 0 radical (unpaired) electrons. The van der Waals surface area contributed by atoms with Gasteiger partial charge in [-0.3, -0.25) is 0 Å². The third kappa shape index (κ3) is 4.89. The standard InChI is InChI=1S/C17H27NO2/c1-5-9-15(18-12-6-2)14-10-11-16(19-7-3)17(13-14)20-8-4/h5,10-11,13,15,18H,1,6-9,12H2,2-4H3. The Balaban J connectivity index is 2.96. The summed E-state index contributed by atoms with van der Waals surface area (Å²) in [5, 5.41) is 3.54. The second-order valence-corrected chi connectivity index (χ2v) is 4.60. The second-order valence-electron chi connectivity index (χ2n) is 4.60. The van der Waals surface area contributed by atoms with Crippen LogP contribution in [0.2, 0.25) is 0 Å². The Labute approximate surface area is 123 Å². The van der Waals surface area contributed by atoms with Crippen molar-refractivity contribution in [3.05, 3.63) is 36.4 Å². The molecule has 3 nitrogen and oxygen atoms in total. The molecular formula is C17H27NO2. The Hall–Kier alpha value is -1.48. The highest BCUT2D eigenvalue weighted by Crippen LogP contribution is 2.31. The van der Waals surface area contributed by atoms with E-state index in [4.69, 9.17) is 9.47 Å². The van der Waals surface area contributed by atoms with Crippen molar-refractivity contribution in [2.75, 3.05) is 19.8 Å². The zero-order chi connectivity index (χ0) is 14.8. The molecule has 0 aliphatic heterocycles. The van der Waals surface area contributed by atoms with Gasteiger partial charge in [0.2, 0.25) is 0 Å². The summed E-state index contributed by atoms with van der Waals surface area (Å²) in [4.78, 5) is 0. The molecule has 0 heterocycles. The molecule has 0 aliphatic carbocycles. The highest BCUT2D eigenvalue weighted by molar-refractivity contribution is 5.44. The predicted octanol–water partition coefficient (Wildman–Crippen LogP) is 4.10. The van der Waals surface area contributed by atoms with Crippen LogP contribution in [0, 0.1) is 0 Å². The maximum atomic E-state index is 5.68. The van der Waals surface area contributed by atoms with Crippen molar-refractivity contribution in [1.82, 2.24) is 5.32 Å². The first-order valence-corrected chi connectivity index (χ1v) is 7.50. The van der Waals surface area contributed by atoms with Crippen molar-refractivity contribution in [2.24, 2.45) is 0 Å². The van der Waals surface area contributed by atoms with Crippen molar-refractivity contribution in [2.45, 2.75) is 39.7 Å². The lowest BCUT2D eigenvalue weighted by Crippen LogP contribution is -2.21. The fourth-order valence-electron chi connectivity index (χ4n) is 2.11. The van der Waals surface area contributed by atoms with Crippen LogP contribution in [0.3, 0.4) is 0 Å². The van der Waals surface area contributed by atoms with Gasteiger partial charge >= 0.3 is 0 Å². The monoisotopic (exact) mass is 277 g/mol. The van der Waals surface area contributed by atoms with E-state index in [1.54, 1.807) is 0 Å². The lowest BCUT2D eigenvalue weighted by atomic mass is 10.0. The van der Waals surface area contributed by atoms with Crippen LogP contribution >= 0.6 is 0 Å². The van der Waals surface area contributed by atoms with E-state index in [0.29, 0.717) is 13.2 Å². The van der Waals surface area contributed by atoms with Gasteiger partial charge in [0.25, 0.3) is 0 Å². The van der Waals surface area contributed by atoms with E-state index in [2.05, 4.69) is 31.0 Å². The quantitative estimate of drug-likeness (QED) is 0.653. The topological polar surface area (TPSA) is 30.5 Å². The van der Waals surface area contributed by atoms with Gasteiger partial charge in [-0.2, -0.15) is 0 Å². The minimum Gasteiger partial charge on any atom is -0.490 e. The van der Waals surface area contributed by atoms with Crippen molar-refractivity contribution in [1.29, 1.82) is 0 Å². The van der Waals surface area contributed by atoms with E-state index in [-0.39, 0.29) is 6.04 Å². The normalized spacial score (nSPS) is 11.9. The number of ether oxygens (including phenoxy) is 2. The fourth-order valence-corrected chi connectivity index (χ4v) is 2.11. The van der Waals surface area contributed by atoms with Crippen LogP contribution in [0.15, 0.2) is 30.9 Å². The number of nitrogens with one attached hydrogen (secondary N) is 1. The van der Waals surface area contributed by atoms with Gasteiger partial charge < -0.3 is 14.8 Å². The van der Waals surface area contributed by atoms with Crippen molar-refractivity contribution in [3.8, 4) is 11.5 Å². The lowest BCUT2D eigenvalue weighted by Gasteiger charge is -2.19. The molecule has 1 aromatic rings. The molecule has 0 fully saturated rings. The van der Waals surface area contributed by atoms with E-state index >= 15 is 0 Å². The van der Waals surface area contributed by atoms with E-state index in [1.165, 1.54) is 5.56 Å². The zero-order valence-electron chi connectivity index (χ0n) is 12.9. The Bertz CT molecular complexity index is 404. The molecule has 20 heavy (non-hydrogen) atoms. The summed E-state index contributed by atoms with van der Waals surface area (Å²) in [6, 6.07) is 6.45. The number of rotatable bonds is 10. The summed E-state index contributed by atoms with van der Waals surface area (Å²) in [5.74, 6) is 1.63. The number of hydrogen-bond donors (Lipinski definition) is 1. The van der Waals surface area contributed by atoms with Crippen LogP contribution in [0.25, 0.3) is 0 Å². The molecule has 0 amide bonds. The van der Waals surface area contributed by atoms with E-state index < -0.39 is 0 Å². The molecule has 1 rings (SSSR count). The van der Waals surface area contributed by atoms with Crippen LogP contribution in [-0.2, 0) is 0 Å². The van der Waals surface area contributed by atoms with Crippen LogP contribution in [-0.4, -0.2) is 19.8 Å². The van der Waals surface area contributed by atoms with Gasteiger partial charge in [0.15, 0.2) is 11.5 Å². The molecule has 0 saturated heterocycles. The van der Waals surface area contributed by atoms with Crippen molar-refractivity contribution in [3.63, 3.8) is 0 Å². The smallest absolute Gasteiger partial charge is 0.161 e. The van der Waals surface area contributed by atoms with Gasteiger partial charge in [-0.1, -0.05) is 19.1 Å². The van der Waals surface area contributed by atoms with Crippen LogP contribution in [0.4, 0.5) is 0 Å². The summed E-state index contributed by atoms with van der Waals surface area (Å²) in [6.45, 7) is 12.3. The van der Waals surface area contributed by atoms with Crippen LogP contribution in [0.5, 0.6) is 11.5 Å². The third-order valence-electron chi connectivity index (χ3n) is 3.01. The summed E-state index contributed by atoms with van der Waals surface area (Å²) in [5.41, 5.74) is 1.21. The fraction of sp³-hybridized carbons (Fsp3) is 0.529. The SMILES string of the molecule is C=CCC(NCCC)c1ccc(OCC)c(OCC)c1. The molecule has 0 aromatic heterocycles. The highest BCUT2D eigenvalue weighted by atomic mass is 16.5. The largest absolute Gasteiger partial charge is 0.490 e. The molecule has 1 N–H and O–H groups in total. The summed E-state index contributed by atoms with van der Waals surface area (Å²) in [6.07, 6.45) is 3.96. The van der Waals surface area contributed by atoms with Gasteiger partial charge in [-0.05, 0) is 50.9 Å². The minimum absolute atomic E-state index is 0.280. The van der Waals surface area contributed by atoms with Gasteiger partial charge in [-0.25, -0.2) is 0 Å². The first kappa shape index (κ1) is 16.6. The lowest BCUT2D eigenvalue weighted by molar-refractivity contribution is 0.287. The second kappa shape index (κ2) is 9.43. The van der Waals surface area contributed by atoms with Crippen LogP contribution in [0.1, 0.15) is 45.2 Å². The molecular weight excluding hydrogens is 250 g/mol. The molecule has 0 aliphatic rings. The maximum absolute atomic E-state index is 5.68. The van der Waals surface area contributed by atoms with Gasteiger partial charge in [0, 0.05) is 6.04 Å². The average Bonchev–Trinajstić information content (AvgIpc) is 2.46. The number of benzene rings is 1. The third-order valence-corrected chi connectivity index (χ3v) is 3.01. The summed E-state index contributed by atoms with van der Waals surface area (Å²) in [7, 11) is 0.